The van der Waals surface area contributed by atoms with Crippen LogP contribution in [0.4, 0.5) is 5.82 Å². The maximum Gasteiger partial charge on any atom is 0.267 e. The number of thiophene rings is 1. The first-order valence-electron chi connectivity index (χ1n) is 8.90. The number of amides is 1. The molecule has 7 nitrogen and oxygen atoms in total. The standard InChI is InChI=1S/C19H18N4O3S/c24-19(16-11-25-14-3-1-2-4-15(14)26-16)23-8-6-22(7-9-23)17-13-5-10-27-18(13)21-12-20-17/h1-5,10,12,16H,6-9,11H2/t16-/m1/s1. The SMILES string of the molecule is O=C([C@H]1COc2ccccc2O1)N1CCN(c2ncnc3sccc23)CC1. The van der Waals surface area contributed by atoms with Gasteiger partial charge >= 0.3 is 0 Å². The zero-order valence-corrected chi connectivity index (χ0v) is 15.4. The number of piperazine rings is 1. The molecule has 4 heterocycles. The smallest absolute Gasteiger partial charge is 0.267 e. The average molecular weight is 382 g/mol. The van der Waals surface area contributed by atoms with Crippen molar-refractivity contribution in [3.8, 4) is 11.5 Å². The lowest BCUT2D eigenvalue weighted by Gasteiger charge is -2.37. The third-order valence-electron chi connectivity index (χ3n) is 4.92. The van der Waals surface area contributed by atoms with Crippen LogP contribution in [-0.4, -0.2) is 59.7 Å². The van der Waals surface area contributed by atoms with Gasteiger partial charge in [-0.05, 0) is 23.6 Å². The Labute approximate surface area is 160 Å². The average Bonchev–Trinajstić information content (AvgIpc) is 3.22. The lowest BCUT2D eigenvalue weighted by atomic mass is 10.2. The quantitative estimate of drug-likeness (QED) is 0.677. The molecule has 1 aromatic carbocycles. The first-order chi connectivity index (χ1) is 13.3. The molecule has 138 valence electrons. The van der Waals surface area contributed by atoms with Crippen LogP contribution in [0.15, 0.2) is 42.0 Å². The van der Waals surface area contributed by atoms with Crippen molar-refractivity contribution in [3.05, 3.63) is 42.0 Å². The number of para-hydroxylation sites is 2. The van der Waals surface area contributed by atoms with E-state index in [0.29, 0.717) is 24.6 Å². The number of hydrogen-bond donors (Lipinski definition) is 0. The summed E-state index contributed by atoms with van der Waals surface area (Å²) in [7, 11) is 0. The summed E-state index contributed by atoms with van der Waals surface area (Å²) in [6.07, 6.45) is 1.02. The number of nitrogens with zero attached hydrogens (tertiary/aromatic N) is 4. The van der Waals surface area contributed by atoms with Crippen molar-refractivity contribution in [1.29, 1.82) is 0 Å². The molecule has 2 aliphatic heterocycles. The molecule has 1 amide bonds. The molecular weight excluding hydrogens is 364 g/mol. The summed E-state index contributed by atoms with van der Waals surface area (Å²) in [5.41, 5.74) is 0. The fourth-order valence-electron chi connectivity index (χ4n) is 3.51. The van der Waals surface area contributed by atoms with Crippen molar-refractivity contribution in [2.24, 2.45) is 0 Å². The Balaban J connectivity index is 1.26. The van der Waals surface area contributed by atoms with E-state index in [9.17, 15) is 4.79 Å². The van der Waals surface area contributed by atoms with Gasteiger partial charge in [-0.2, -0.15) is 0 Å². The third kappa shape index (κ3) is 2.95. The third-order valence-corrected chi connectivity index (χ3v) is 5.74. The van der Waals surface area contributed by atoms with Crippen LogP contribution in [0.2, 0.25) is 0 Å². The number of hydrogen-bond acceptors (Lipinski definition) is 7. The second kappa shape index (κ2) is 6.70. The van der Waals surface area contributed by atoms with Crippen LogP contribution < -0.4 is 14.4 Å². The van der Waals surface area contributed by atoms with E-state index in [1.807, 2.05) is 34.5 Å². The lowest BCUT2D eigenvalue weighted by Crippen LogP contribution is -2.54. The Hall–Kier alpha value is -2.87. The van der Waals surface area contributed by atoms with Crippen LogP contribution >= 0.6 is 11.3 Å². The topological polar surface area (TPSA) is 67.8 Å². The summed E-state index contributed by atoms with van der Waals surface area (Å²) >= 11 is 1.61. The van der Waals surface area contributed by atoms with E-state index >= 15 is 0 Å². The predicted octanol–water partition coefficient (Wildman–Crippen LogP) is 2.18. The normalized spacial score (nSPS) is 19.3. The number of aromatic nitrogens is 2. The van der Waals surface area contributed by atoms with Crippen molar-refractivity contribution < 1.29 is 14.3 Å². The summed E-state index contributed by atoms with van der Waals surface area (Å²) < 4.78 is 11.5. The fraction of sp³-hybridized carbons (Fsp3) is 0.316. The second-order valence-electron chi connectivity index (χ2n) is 6.51. The van der Waals surface area contributed by atoms with Gasteiger partial charge in [0.25, 0.3) is 5.91 Å². The molecule has 2 aliphatic rings. The first-order valence-corrected chi connectivity index (χ1v) is 9.78. The van der Waals surface area contributed by atoms with Crippen molar-refractivity contribution in [2.75, 3.05) is 37.7 Å². The molecule has 2 aromatic heterocycles. The maximum atomic E-state index is 12.9. The molecule has 0 aliphatic carbocycles. The van der Waals surface area contributed by atoms with E-state index in [4.69, 9.17) is 9.47 Å². The van der Waals surface area contributed by atoms with Gasteiger partial charge in [0.15, 0.2) is 11.5 Å². The van der Waals surface area contributed by atoms with Crippen LogP contribution in [0.5, 0.6) is 11.5 Å². The van der Waals surface area contributed by atoms with Crippen LogP contribution in [0.25, 0.3) is 10.2 Å². The molecule has 1 atom stereocenters. The lowest BCUT2D eigenvalue weighted by molar-refractivity contribution is -0.141. The second-order valence-corrected chi connectivity index (χ2v) is 7.41. The van der Waals surface area contributed by atoms with E-state index in [1.165, 1.54) is 0 Å². The molecule has 0 radical (unpaired) electrons. The molecule has 0 N–H and O–H groups in total. The monoisotopic (exact) mass is 382 g/mol. The van der Waals surface area contributed by atoms with Gasteiger partial charge in [-0.3, -0.25) is 4.79 Å². The molecule has 0 spiro atoms. The Bertz CT molecular complexity index is 984. The Morgan fingerprint density at radius 2 is 1.89 bits per heavy atom. The largest absolute Gasteiger partial charge is 0.485 e. The van der Waals surface area contributed by atoms with Gasteiger partial charge in [0.2, 0.25) is 6.10 Å². The number of anilines is 1. The van der Waals surface area contributed by atoms with Gasteiger partial charge in [-0.15, -0.1) is 11.3 Å². The Kier molecular flexibility index (Phi) is 4.05. The summed E-state index contributed by atoms with van der Waals surface area (Å²) in [5.74, 6) is 2.24. The van der Waals surface area contributed by atoms with Crippen LogP contribution in [0, 0.1) is 0 Å². The van der Waals surface area contributed by atoms with Gasteiger partial charge in [-0.1, -0.05) is 12.1 Å². The Morgan fingerprint density at radius 1 is 1.07 bits per heavy atom. The highest BCUT2D eigenvalue weighted by molar-refractivity contribution is 7.16. The minimum Gasteiger partial charge on any atom is -0.485 e. The van der Waals surface area contributed by atoms with E-state index < -0.39 is 6.10 Å². The van der Waals surface area contributed by atoms with Gasteiger partial charge in [0.05, 0.1) is 5.39 Å². The number of carbonyl (C=O) groups excluding carboxylic acids is 1. The summed E-state index contributed by atoms with van der Waals surface area (Å²) in [5, 5.41) is 3.10. The summed E-state index contributed by atoms with van der Waals surface area (Å²) in [6.45, 7) is 2.99. The van der Waals surface area contributed by atoms with Crippen LogP contribution in [0.3, 0.4) is 0 Å². The van der Waals surface area contributed by atoms with Crippen LogP contribution in [0.1, 0.15) is 0 Å². The predicted molar refractivity (Wildman–Crippen MR) is 103 cm³/mol. The fourth-order valence-corrected chi connectivity index (χ4v) is 4.24. The molecule has 8 heteroatoms. The van der Waals surface area contributed by atoms with E-state index in [-0.39, 0.29) is 12.5 Å². The van der Waals surface area contributed by atoms with Gasteiger partial charge in [0.1, 0.15) is 23.6 Å². The highest BCUT2D eigenvalue weighted by atomic mass is 32.1. The molecule has 0 bridgehead atoms. The number of benzene rings is 1. The van der Waals surface area contributed by atoms with Crippen molar-refractivity contribution in [2.45, 2.75) is 6.10 Å². The Morgan fingerprint density at radius 3 is 2.74 bits per heavy atom. The maximum absolute atomic E-state index is 12.9. The van der Waals surface area contributed by atoms with E-state index in [0.717, 1.165) is 29.1 Å². The van der Waals surface area contributed by atoms with Gasteiger partial charge in [0, 0.05) is 26.2 Å². The van der Waals surface area contributed by atoms with Crippen molar-refractivity contribution in [1.82, 2.24) is 14.9 Å². The summed E-state index contributed by atoms with van der Waals surface area (Å²) in [6, 6.07) is 9.50. The number of carbonyl (C=O) groups is 1. The number of ether oxygens (including phenoxy) is 2. The first kappa shape index (κ1) is 16.3. The van der Waals surface area contributed by atoms with E-state index in [1.54, 1.807) is 17.7 Å². The van der Waals surface area contributed by atoms with Crippen molar-refractivity contribution in [3.63, 3.8) is 0 Å². The molecule has 0 saturated carbocycles. The number of rotatable bonds is 2. The molecule has 5 rings (SSSR count). The zero-order chi connectivity index (χ0) is 18.2. The van der Waals surface area contributed by atoms with Crippen molar-refractivity contribution >= 4 is 33.3 Å². The highest BCUT2D eigenvalue weighted by Crippen LogP contribution is 2.32. The molecule has 1 saturated heterocycles. The molecule has 1 fully saturated rings. The minimum atomic E-state index is -0.589. The zero-order valence-electron chi connectivity index (χ0n) is 14.6. The minimum absolute atomic E-state index is 0.0208. The van der Waals surface area contributed by atoms with Gasteiger partial charge < -0.3 is 19.3 Å². The number of fused-ring (bicyclic) bond motifs is 2. The highest BCUT2D eigenvalue weighted by Gasteiger charge is 2.33. The molecule has 0 unspecified atom stereocenters. The molecule has 3 aromatic rings. The molecular formula is C19H18N4O3S. The van der Waals surface area contributed by atoms with Gasteiger partial charge in [-0.25, -0.2) is 9.97 Å². The summed E-state index contributed by atoms with van der Waals surface area (Å²) in [4.78, 5) is 26.7. The van der Waals surface area contributed by atoms with E-state index in [2.05, 4.69) is 20.9 Å². The molecule has 27 heavy (non-hydrogen) atoms. The van der Waals surface area contributed by atoms with Crippen LogP contribution in [-0.2, 0) is 4.79 Å².